The highest BCUT2D eigenvalue weighted by Crippen LogP contribution is 2.24. The number of hydrogen-bond donors (Lipinski definition) is 0. The molecule has 0 radical (unpaired) electrons. The fraction of sp³-hybridized carbons (Fsp3) is 0.316. The Morgan fingerprint density at radius 2 is 1.80 bits per heavy atom. The molecule has 0 bridgehead atoms. The molecule has 4 nitrogen and oxygen atoms in total. The third-order valence-corrected chi connectivity index (χ3v) is 5.33. The van der Waals surface area contributed by atoms with Gasteiger partial charge < -0.3 is 9.64 Å². The van der Waals surface area contributed by atoms with Gasteiger partial charge in [-0.3, -0.25) is 9.69 Å². The Labute approximate surface area is 161 Å². The molecule has 1 heterocycles. The van der Waals surface area contributed by atoms with Crippen LogP contribution in [0.25, 0.3) is 0 Å². The van der Waals surface area contributed by atoms with E-state index in [1.54, 1.807) is 13.2 Å². The van der Waals surface area contributed by atoms with Gasteiger partial charge in [0.2, 0.25) is 0 Å². The van der Waals surface area contributed by atoms with Crippen molar-refractivity contribution in [2.24, 2.45) is 0 Å². The number of nitrogens with zero attached hydrogens (tertiary/aromatic N) is 2. The predicted molar refractivity (Wildman–Crippen MR) is 103 cm³/mol. The predicted octanol–water partition coefficient (Wildman–Crippen LogP) is 4.07. The van der Waals surface area contributed by atoms with E-state index in [-0.39, 0.29) is 5.91 Å². The fourth-order valence-electron chi connectivity index (χ4n) is 2.92. The first-order chi connectivity index (χ1) is 12.1. The Hall–Kier alpha value is -1.56. The number of halogens is 2. The van der Waals surface area contributed by atoms with E-state index >= 15 is 0 Å². The van der Waals surface area contributed by atoms with Gasteiger partial charge in [0.1, 0.15) is 5.75 Å². The second-order valence-electron chi connectivity index (χ2n) is 6.04. The lowest BCUT2D eigenvalue weighted by Gasteiger charge is -2.35. The summed E-state index contributed by atoms with van der Waals surface area (Å²) in [7, 11) is 1.60. The normalized spacial score (nSPS) is 15.2. The minimum atomic E-state index is 0.0388. The van der Waals surface area contributed by atoms with E-state index in [4.69, 9.17) is 16.3 Å². The quantitative estimate of drug-likeness (QED) is 0.743. The third kappa shape index (κ3) is 4.54. The second kappa shape index (κ2) is 8.21. The maximum Gasteiger partial charge on any atom is 0.255 e. The molecule has 25 heavy (non-hydrogen) atoms. The minimum absolute atomic E-state index is 0.0388. The van der Waals surface area contributed by atoms with Crippen LogP contribution in [-0.4, -0.2) is 49.0 Å². The molecule has 0 unspecified atom stereocenters. The highest BCUT2D eigenvalue weighted by atomic mass is 79.9. The molecule has 0 aliphatic carbocycles. The molecule has 132 valence electrons. The first-order valence-corrected chi connectivity index (χ1v) is 9.33. The van der Waals surface area contributed by atoms with Gasteiger partial charge in [0.15, 0.2) is 0 Å². The molecule has 0 saturated carbocycles. The summed E-state index contributed by atoms with van der Waals surface area (Å²) >= 11 is 9.39. The number of carbonyl (C=O) groups is 1. The van der Waals surface area contributed by atoms with Crippen LogP contribution in [-0.2, 0) is 6.54 Å². The summed E-state index contributed by atoms with van der Waals surface area (Å²) in [5.41, 5.74) is 1.88. The first-order valence-electron chi connectivity index (χ1n) is 8.16. The van der Waals surface area contributed by atoms with E-state index in [1.807, 2.05) is 41.3 Å². The lowest BCUT2D eigenvalue weighted by molar-refractivity contribution is 0.0627. The molecule has 1 aliphatic rings. The Kier molecular flexibility index (Phi) is 5.99. The van der Waals surface area contributed by atoms with Crippen molar-refractivity contribution in [3.05, 3.63) is 63.1 Å². The highest BCUT2D eigenvalue weighted by molar-refractivity contribution is 9.10. The van der Waals surface area contributed by atoms with Gasteiger partial charge in [0.05, 0.1) is 12.7 Å². The molecular weight excluding hydrogens is 404 g/mol. The van der Waals surface area contributed by atoms with Crippen LogP contribution < -0.4 is 4.74 Å². The number of rotatable bonds is 4. The lowest BCUT2D eigenvalue weighted by Crippen LogP contribution is -2.48. The van der Waals surface area contributed by atoms with Crippen molar-refractivity contribution in [3.8, 4) is 5.75 Å². The van der Waals surface area contributed by atoms with E-state index < -0.39 is 0 Å². The molecule has 0 aromatic heterocycles. The molecule has 1 amide bonds. The van der Waals surface area contributed by atoms with Crippen molar-refractivity contribution in [2.75, 3.05) is 33.3 Å². The topological polar surface area (TPSA) is 32.8 Å². The zero-order valence-electron chi connectivity index (χ0n) is 14.0. The molecule has 2 aromatic rings. The Morgan fingerprint density at radius 3 is 2.44 bits per heavy atom. The van der Waals surface area contributed by atoms with E-state index in [9.17, 15) is 4.79 Å². The second-order valence-corrected chi connectivity index (χ2v) is 7.33. The number of piperazine rings is 1. The van der Waals surface area contributed by atoms with Gasteiger partial charge in [0, 0.05) is 42.2 Å². The van der Waals surface area contributed by atoms with Crippen LogP contribution in [0, 0.1) is 0 Å². The van der Waals surface area contributed by atoms with Gasteiger partial charge >= 0.3 is 0 Å². The summed E-state index contributed by atoms with van der Waals surface area (Å²) in [5.74, 6) is 0.727. The van der Waals surface area contributed by atoms with E-state index in [2.05, 4.69) is 20.8 Å². The average molecular weight is 424 g/mol. The molecular formula is C19H20BrClN2O2. The number of methoxy groups -OCH3 is 1. The van der Waals surface area contributed by atoms with Crippen molar-refractivity contribution in [3.63, 3.8) is 0 Å². The Bertz CT molecular complexity index is 744. The van der Waals surface area contributed by atoms with Crippen molar-refractivity contribution in [1.29, 1.82) is 0 Å². The fourth-order valence-corrected chi connectivity index (χ4v) is 3.46. The van der Waals surface area contributed by atoms with Crippen molar-refractivity contribution in [2.45, 2.75) is 6.54 Å². The summed E-state index contributed by atoms with van der Waals surface area (Å²) in [6, 6.07) is 13.4. The summed E-state index contributed by atoms with van der Waals surface area (Å²) < 4.78 is 6.02. The maximum atomic E-state index is 12.8. The van der Waals surface area contributed by atoms with Crippen LogP contribution in [0.1, 0.15) is 15.9 Å². The van der Waals surface area contributed by atoms with Gasteiger partial charge in [0.25, 0.3) is 5.91 Å². The van der Waals surface area contributed by atoms with Gasteiger partial charge in [-0.1, -0.05) is 23.7 Å². The van der Waals surface area contributed by atoms with Crippen LogP contribution in [0.15, 0.2) is 46.9 Å². The summed E-state index contributed by atoms with van der Waals surface area (Å²) in [6.45, 7) is 4.03. The Balaban J connectivity index is 1.60. The maximum absolute atomic E-state index is 12.8. The van der Waals surface area contributed by atoms with Crippen molar-refractivity contribution in [1.82, 2.24) is 9.80 Å². The standard InChI is InChI=1S/C19H20BrClN2O2/c1-25-16-6-7-18(20)17(12-16)19(24)23-10-8-22(9-11-23)13-14-2-4-15(21)5-3-14/h2-7,12H,8-11,13H2,1H3. The van der Waals surface area contributed by atoms with E-state index in [0.29, 0.717) is 11.3 Å². The van der Waals surface area contributed by atoms with E-state index in [1.165, 1.54) is 5.56 Å². The highest BCUT2D eigenvalue weighted by Gasteiger charge is 2.23. The van der Waals surface area contributed by atoms with Gasteiger partial charge in [-0.2, -0.15) is 0 Å². The van der Waals surface area contributed by atoms with Crippen LogP contribution in [0.2, 0.25) is 5.02 Å². The summed E-state index contributed by atoms with van der Waals surface area (Å²) in [6.07, 6.45) is 0. The third-order valence-electron chi connectivity index (χ3n) is 4.38. The molecule has 1 aliphatic heterocycles. The molecule has 0 spiro atoms. The molecule has 6 heteroatoms. The van der Waals surface area contributed by atoms with Gasteiger partial charge in [-0.05, 0) is 51.8 Å². The molecule has 3 rings (SSSR count). The SMILES string of the molecule is COc1ccc(Br)c(C(=O)N2CCN(Cc3ccc(Cl)cc3)CC2)c1. The zero-order valence-corrected chi connectivity index (χ0v) is 16.4. The first kappa shape index (κ1) is 18.2. The lowest BCUT2D eigenvalue weighted by atomic mass is 10.1. The molecule has 0 N–H and O–H groups in total. The largest absolute Gasteiger partial charge is 0.497 e. The van der Waals surface area contributed by atoms with Crippen LogP contribution in [0.4, 0.5) is 0 Å². The number of hydrogen-bond acceptors (Lipinski definition) is 3. The van der Waals surface area contributed by atoms with Crippen LogP contribution in [0.3, 0.4) is 0 Å². The minimum Gasteiger partial charge on any atom is -0.497 e. The summed E-state index contributed by atoms with van der Waals surface area (Å²) in [4.78, 5) is 17.1. The molecule has 1 saturated heterocycles. The van der Waals surface area contributed by atoms with Crippen LogP contribution in [0.5, 0.6) is 5.75 Å². The van der Waals surface area contributed by atoms with Gasteiger partial charge in [-0.15, -0.1) is 0 Å². The zero-order chi connectivity index (χ0) is 17.8. The molecule has 1 fully saturated rings. The van der Waals surface area contributed by atoms with Crippen molar-refractivity contribution < 1.29 is 9.53 Å². The van der Waals surface area contributed by atoms with Crippen LogP contribution >= 0.6 is 27.5 Å². The monoisotopic (exact) mass is 422 g/mol. The van der Waals surface area contributed by atoms with Crippen molar-refractivity contribution >= 4 is 33.4 Å². The number of ether oxygens (including phenoxy) is 1. The Morgan fingerprint density at radius 1 is 1.12 bits per heavy atom. The number of benzene rings is 2. The van der Waals surface area contributed by atoms with E-state index in [0.717, 1.165) is 42.2 Å². The number of carbonyl (C=O) groups excluding carboxylic acids is 1. The average Bonchev–Trinajstić information content (AvgIpc) is 2.64. The smallest absolute Gasteiger partial charge is 0.255 e. The summed E-state index contributed by atoms with van der Waals surface area (Å²) in [5, 5.41) is 0.753. The molecule has 2 aromatic carbocycles. The molecule has 0 atom stereocenters. The van der Waals surface area contributed by atoms with Gasteiger partial charge in [-0.25, -0.2) is 0 Å². The number of amides is 1.